The highest BCUT2D eigenvalue weighted by Crippen LogP contribution is 2.29. The van der Waals surface area contributed by atoms with E-state index in [4.69, 9.17) is 31.9 Å². The summed E-state index contributed by atoms with van der Waals surface area (Å²) >= 11 is 5.82. The molecule has 0 bridgehead atoms. The Morgan fingerprint density at radius 1 is 1.07 bits per heavy atom. The molecule has 1 aromatic heterocycles. The number of hydrogen-bond acceptors (Lipinski definition) is 6. The van der Waals surface area contributed by atoms with Crippen molar-refractivity contribution in [3.05, 3.63) is 125 Å². The highest BCUT2D eigenvalue weighted by molar-refractivity contribution is 6.29. The molecular weight excluding hydrogens is 576 g/mol. The van der Waals surface area contributed by atoms with E-state index in [1.54, 1.807) is 10.7 Å². The maximum atomic E-state index is 13.2. The van der Waals surface area contributed by atoms with Gasteiger partial charge >= 0.3 is 6.03 Å². The van der Waals surface area contributed by atoms with Crippen molar-refractivity contribution in [3.8, 4) is 17.2 Å². The topological polar surface area (TPSA) is 116 Å². The quantitative estimate of drug-likeness (QED) is 0.0984. The standard InChI is InChI=1S/C34H37ClN6O3/c1-23-15-16-27(19-29(23)43-22-25-11-7-6-8-12-25)41-31(20-30(40-41)34(3,4)5)39-33(42)37-21-26-13-9-10-14-28(26)44-32(17-18-36)38-24(2)35/h6-20H,2,21-22,36H2,1,3-5H3,(H2,37,39,42)/b18-17-,38-32?. The molecule has 1 heterocycles. The molecule has 3 aromatic carbocycles. The molecular formula is C34H37ClN6O3. The van der Waals surface area contributed by atoms with Crippen LogP contribution in [0.1, 0.15) is 43.2 Å². The summed E-state index contributed by atoms with van der Waals surface area (Å²) in [5.74, 6) is 1.88. The van der Waals surface area contributed by atoms with Crippen LogP contribution in [0.15, 0.2) is 108 Å². The maximum Gasteiger partial charge on any atom is 0.320 e. The highest BCUT2D eigenvalue weighted by atomic mass is 35.5. The number of ether oxygens (including phenoxy) is 2. The predicted molar refractivity (Wildman–Crippen MR) is 176 cm³/mol. The Morgan fingerprint density at radius 2 is 1.80 bits per heavy atom. The van der Waals surface area contributed by atoms with Gasteiger partial charge in [0.25, 0.3) is 0 Å². The molecule has 0 spiro atoms. The van der Waals surface area contributed by atoms with Crippen LogP contribution in [0.25, 0.3) is 5.69 Å². The molecule has 2 amide bonds. The molecule has 44 heavy (non-hydrogen) atoms. The number of amides is 2. The van der Waals surface area contributed by atoms with E-state index in [1.807, 2.05) is 79.7 Å². The number of nitrogens with zero attached hydrogens (tertiary/aromatic N) is 3. The van der Waals surface area contributed by atoms with Gasteiger partial charge < -0.3 is 20.5 Å². The second kappa shape index (κ2) is 14.4. The molecule has 0 fully saturated rings. The fraction of sp³-hybridized carbons (Fsp3) is 0.206. The number of aryl methyl sites for hydroxylation is 1. The molecule has 4 N–H and O–H groups in total. The zero-order valence-corrected chi connectivity index (χ0v) is 26.1. The number of hydrogen-bond donors (Lipinski definition) is 3. The van der Waals surface area contributed by atoms with Crippen molar-refractivity contribution in [2.24, 2.45) is 10.7 Å². The maximum absolute atomic E-state index is 13.2. The van der Waals surface area contributed by atoms with Crippen LogP contribution >= 0.6 is 11.6 Å². The summed E-state index contributed by atoms with van der Waals surface area (Å²) in [7, 11) is 0. The number of nitrogens with two attached hydrogens (primary N) is 1. The van der Waals surface area contributed by atoms with E-state index in [2.05, 4.69) is 43.0 Å². The summed E-state index contributed by atoms with van der Waals surface area (Å²) in [6, 6.07) is 24.5. The van der Waals surface area contributed by atoms with E-state index < -0.39 is 6.03 Å². The average Bonchev–Trinajstić information content (AvgIpc) is 3.41. The highest BCUT2D eigenvalue weighted by Gasteiger charge is 2.22. The predicted octanol–water partition coefficient (Wildman–Crippen LogP) is 7.34. The first-order valence-electron chi connectivity index (χ1n) is 14.0. The van der Waals surface area contributed by atoms with Crippen LogP contribution in [-0.2, 0) is 18.6 Å². The molecule has 0 atom stereocenters. The average molecular weight is 613 g/mol. The molecule has 4 rings (SSSR count). The molecule has 10 heteroatoms. The second-order valence-electron chi connectivity index (χ2n) is 11.0. The number of anilines is 1. The van der Waals surface area contributed by atoms with Gasteiger partial charge in [-0.1, -0.05) is 93.5 Å². The van der Waals surface area contributed by atoms with Gasteiger partial charge in [-0.2, -0.15) is 5.10 Å². The number of urea groups is 1. The van der Waals surface area contributed by atoms with Crippen molar-refractivity contribution in [1.29, 1.82) is 0 Å². The van der Waals surface area contributed by atoms with Crippen LogP contribution in [0.2, 0.25) is 0 Å². The number of aromatic nitrogens is 2. The minimum absolute atomic E-state index is 0.0442. The lowest BCUT2D eigenvalue weighted by atomic mass is 9.92. The van der Waals surface area contributed by atoms with Gasteiger partial charge in [0, 0.05) is 35.7 Å². The number of rotatable bonds is 10. The summed E-state index contributed by atoms with van der Waals surface area (Å²) in [6.07, 6.45) is 2.75. The van der Waals surface area contributed by atoms with Crippen molar-refractivity contribution in [2.75, 3.05) is 5.32 Å². The van der Waals surface area contributed by atoms with Gasteiger partial charge in [-0.3, -0.25) is 5.32 Å². The van der Waals surface area contributed by atoms with Crippen LogP contribution in [0.3, 0.4) is 0 Å². The summed E-state index contributed by atoms with van der Waals surface area (Å²) in [6.45, 7) is 12.4. The molecule has 0 saturated carbocycles. The first-order chi connectivity index (χ1) is 21.0. The SMILES string of the molecule is C=C(Cl)N=C(/C=C\N)Oc1ccccc1CNC(=O)Nc1cc(C(C)(C)C)nn1-c1ccc(C)c(OCc2ccccc2)c1. The number of benzene rings is 3. The smallest absolute Gasteiger partial charge is 0.320 e. The number of carbonyl (C=O) groups excluding carboxylic acids is 1. The van der Waals surface area contributed by atoms with Crippen molar-refractivity contribution < 1.29 is 14.3 Å². The third-order valence-electron chi connectivity index (χ3n) is 6.47. The van der Waals surface area contributed by atoms with E-state index in [0.717, 1.165) is 28.3 Å². The van der Waals surface area contributed by atoms with Crippen LogP contribution in [-0.4, -0.2) is 21.7 Å². The molecule has 0 unspecified atom stereocenters. The number of aliphatic imine (C=N–C) groups is 1. The lowest BCUT2D eigenvalue weighted by molar-refractivity contribution is 0.251. The van der Waals surface area contributed by atoms with Crippen molar-refractivity contribution in [1.82, 2.24) is 15.1 Å². The Kier molecular flexibility index (Phi) is 10.5. The Hall–Kier alpha value is -5.02. The van der Waals surface area contributed by atoms with Gasteiger partial charge in [-0.25, -0.2) is 14.5 Å². The Labute approximate surface area is 263 Å². The fourth-order valence-electron chi connectivity index (χ4n) is 4.14. The zero-order valence-electron chi connectivity index (χ0n) is 25.3. The van der Waals surface area contributed by atoms with Gasteiger partial charge in [0.2, 0.25) is 5.90 Å². The number of para-hydroxylation sites is 1. The van der Waals surface area contributed by atoms with Gasteiger partial charge in [-0.05, 0) is 36.4 Å². The first-order valence-corrected chi connectivity index (χ1v) is 14.4. The first kappa shape index (κ1) is 31.9. The minimum Gasteiger partial charge on any atom is -0.489 e. The zero-order chi connectivity index (χ0) is 31.7. The van der Waals surface area contributed by atoms with E-state index in [9.17, 15) is 4.79 Å². The molecule has 0 saturated heterocycles. The molecule has 9 nitrogen and oxygen atoms in total. The number of nitrogens with one attached hydrogen (secondary N) is 2. The lowest BCUT2D eigenvalue weighted by Gasteiger charge is -2.15. The largest absolute Gasteiger partial charge is 0.489 e. The fourth-order valence-corrected chi connectivity index (χ4v) is 4.22. The third kappa shape index (κ3) is 8.75. The Morgan fingerprint density at radius 3 is 2.50 bits per heavy atom. The van der Waals surface area contributed by atoms with E-state index >= 15 is 0 Å². The van der Waals surface area contributed by atoms with E-state index in [-0.39, 0.29) is 23.0 Å². The van der Waals surface area contributed by atoms with E-state index in [0.29, 0.717) is 23.7 Å². The lowest BCUT2D eigenvalue weighted by Crippen LogP contribution is -2.29. The Balaban J connectivity index is 1.53. The number of halogens is 1. The van der Waals surface area contributed by atoms with Gasteiger partial charge in [-0.15, -0.1) is 0 Å². The minimum atomic E-state index is -0.418. The molecule has 4 aromatic rings. The molecule has 0 aliphatic heterocycles. The van der Waals surface area contributed by atoms with Crippen molar-refractivity contribution in [3.63, 3.8) is 0 Å². The normalized spacial score (nSPS) is 11.8. The Bertz CT molecular complexity index is 1670. The summed E-state index contributed by atoms with van der Waals surface area (Å²) in [4.78, 5) is 17.2. The van der Waals surface area contributed by atoms with Gasteiger partial charge in [0.1, 0.15) is 29.1 Å². The second-order valence-corrected chi connectivity index (χ2v) is 11.4. The summed E-state index contributed by atoms with van der Waals surface area (Å²) in [5.41, 5.74) is 9.61. The van der Waals surface area contributed by atoms with Crippen LogP contribution in [0.5, 0.6) is 11.5 Å². The van der Waals surface area contributed by atoms with Crippen molar-refractivity contribution >= 4 is 29.3 Å². The van der Waals surface area contributed by atoms with Crippen LogP contribution in [0, 0.1) is 6.92 Å². The van der Waals surface area contributed by atoms with Gasteiger partial charge in [0.05, 0.1) is 11.4 Å². The molecule has 0 aliphatic carbocycles. The van der Waals surface area contributed by atoms with Crippen LogP contribution in [0.4, 0.5) is 10.6 Å². The number of carbonyl (C=O) groups is 1. The van der Waals surface area contributed by atoms with E-state index in [1.165, 1.54) is 12.3 Å². The third-order valence-corrected chi connectivity index (χ3v) is 6.55. The summed E-state index contributed by atoms with van der Waals surface area (Å²) in [5, 5.41) is 10.8. The summed E-state index contributed by atoms with van der Waals surface area (Å²) < 4.78 is 13.7. The molecule has 228 valence electrons. The monoisotopic (exact) mass is 612 g/mol. The van der Waals surface area contributed by atoms with Crippen LogP contribution < -0.4 is 25.8 Å². The van der Waals surface area contributed by atoms with Gasteiger partial charge in [0.15, 0.2) is 0 Å². The molecule has 0 radical (unpaired) electrons. The van der Waals surface area contributed by atoms with Crippen molar-refractivity contribution in [2.45, 2.75) is 46.3 Å². The molecule has 0 aliphatic rings.